The zero-order valence-corrected chi connectivity index (χ0v) is 29.7. The highest BCUT2D eigenvalue weighted by atomic mass is 32.1. The lowest BCUT2D eigenvalue weighted by Crippen LogP contribution is -2.03. The van der Waals surface area contributed by atoms with Crippen LogP contribution in [-0.4, -0.2) is 10.3 Å². The number of para-hydroxylation sites is 2. The van der Waals surface area contributed by atoms with Crippen LogP contribution in [0.3, 0.4) is 0 Å². The van der Waals surface area contributed by atoms with Crippen molar-refractivity contribution in [1.82, 2.24) is 4.57 Å². The minimum absolute atomic E-state index is 0.295. The van der Waals surface area contributed by atoms with Crippen LogP contribution in [0.15, 0.2) is 168 Å². The average molecular weight is 700 g/mol. The summed E-state index contributed by atoms with van der Waals surface area (Å²) in [5.41, 5.74) is 13.4. The Balaban J connectivity index is 0.000000135. The van der Waals surface area contributed by atoms with Gasteiger partial charge in [0.05, 0.1) is 11.2 Å². The Hall–Kier alpha value is -6.69. The molecular weight excluding hydrogens is 667 g/mol. The van der Waals surface area contributed by atoms with Crippen molar-refractivity contribution in [2.24, 2.45) is 7.05 Å². The van der Waals surface area contributed by atoms with E-state index < -0.39 is 0 Å². The molecule has 11 rings (SSSR count). The van der Waals surface area contributed by atoms with Crippen molar-refractivity contribution < 1.29 is 4.42 Å². The number of aromatic nitrogens is 1. The molecule has 0 radical (unpaired) electrons. The van der Waals surface area contributed by atoms with Gasteiger partial charge in [0.15, 0.2) is 5.76 Å². The number of hydrogen-bond acceptors (Lipinski definition) is 4. The molecule has 0 unspecified atom stereocenters. The number of thiophene rings is 1. The van der Waals surface area contributed by atoms with E-state index in [1.165, 1.54) is 63.5 Å². The molecule has 0 atom stereocenters. The Morgan fingerprint density at radius 2 is 1.21 bits per heavy atom. The first-order chi connectivity index (χ1) is 26.1. The molecule has 0 aliphatic heterocycles. The molecule has 8 aromatic carbocycles. The maximum Gasteiger partial charge on any atom is 0.176 e. The SMILES string of the molecule is Cn1c2ccccc2c2c3ccc4ccccc4c3c3sc4ccccc4c3c21.N=C(c1ccc(-c2ccccc2)cc1)c1oc2ccccc2c1N. The van der Waals surface area contributed by atoms with E-state index in [0.717, 1.165) is 22.1 Å². The normalized spacial score (nSPS) is 11.6. The van der Waals surface area contributed by atoms with Crippen LogP contribution in [-0.2, 0) is 7.05 Å². The van der Waals surface area contributed by atoms with Crippen molar-refractivity contribution in [3.8, 4) is 11.1 Å². The van der Waals surface area contributed by atoms with Gasteiger partial charge < -0.3 is 14.7 Å². The fourth-order valence-corrected chi connectivity index (χ4v) is 9.26. The van der Waals surface area contributed by atoms with Gasteiger partial charge in [0.1, 0.15) is 11.3 Å². The largest absolute Gasteiger partial charge is 0.452 e. The van der Waals surface area contributed by atoms with Gasteiger partial charge in [-0.05, 0) is 51.6 Å². The highest BCUT2D eigenvalue weighted by Crippen LogP contribution is 2.48. The average Bonchev–Trinajstić information content (AvgIpc) is 3.87. The van der Waals surface area contributed by atoms with Gasteiger partial charge in [0.25, 0.3) is 0 Å². The Labute approximate surface area is 309 Å². The van der Waals surface area contributed by atoms with Crippen LogP contribution < -0.4 is 5.73 Å². The van der Waals surface area contributed by atoms with Crippen molar-refractivity contribution in [2.75, 3.05) is 5.73 Å². The topological polar surface area (TPSA) is 67.9 Å². The second-order valence-electron chi connectivity index (χ2n) is 13.5. The fraction of sp³-hybridized carbons (Fsp3) is 0.0208. The molecular formula is C48H33N3OS. The summed E-state index contributed by atoms with van der Waals surface area (Å²) in [6, 6.07) is 56.7. The molecule has 53 heavy (non-hydrogen) atoms. The number of hydrogen-bond donors (Lipinski definition) is 2. The molecule has 0 aliphatic rings. The summed E-state index contributed by atoms with van der Waals surface area (Å²) in [6.45, 7) is 0. The number of rotatable bonds is 3. The molecule has 0 bridgehead atoms. The lowest BCUT2D eigenvalue weighted by Gasteiger charge is -2.09. The number of nitrogen functional groups attached to an aromatic ring is 1. The lowest BCUT2D eigenvalue weighted by molar-refractivity contribution is 0.606. The molecule has 0 fully saturated rings. The van der Waals surface area contributed by atoms with Gasteiger partial charge in [-0.25, -0.2) is 0 Å². The van der Waals surface area contributed by atoms with E-state index in [1.54, 1.807) is 0 Å². The Kier molecular flexibility index (Phi) is 7.17. The Morgan fingerprint density at radius 3 is 2.00 bits per heavy atom. The first kappa shape index (κ1) is 31.1. The van der Waals surface area contributed by atoms with E-state index in [9.17, 15) is 0 Å². The van der Waals surface area contributed by atoms with Gasteiger partial charge in [0, 0.05) is 59.8 Å². The van der Waals surface area contributed by atoms with Gasteiger partial charge in [-0.2, -0.15) is 0 Å². The van der Waals surface area contributed by atoms with Gasteiger partial charge in [0.2, 0.25) is 0 Å². The predicted molar refractivity (Wildman–Crippen MR) is 227 cm³/mol. The summed E-state index contributed by atoms with van der Waals surface area (Å²) >= 11 is 1.93. The Morgan fingerprint density at radius 1 is 0.566 bits per heavy atom. The summed E-state index contributed by atoms with van der Waals surface area (Å²) in [5, 5.41) is 20.1. The maximum absolute atomic E-state index is 8.45. The van der Waals surface area contributed by atoms with Crippen LogP contribution in [0.5, 0.6) is 0 Å². The van der Waals surface area contributed by atoms with E-state index in [4.69, 9.17) is 15.6 Å². The summed E-state index contributed by atoms with van der Waals surface area (Å²) in [4.78, 5) is 0. The van der Waals surface area contributed by atoms with Crippen LogP contribution in [0.4, 0.5) is 5.69 Å². The number of nitrogens with zero attached hydrogens (tertiary/aromatic N) is 1. The number of anilines is 1. The van der Waals surface area contributed by atoms with Crippen molar-refractivity contribution >= 4 is 97.2 Å². The van der Waals surface area contributed by atoms with Crippen LogP contribution in [0, 0.1) is 5.41 Å². The molecule has 4 nitrogen and oxygen atoms in total. The second-order valence-corrected chi connectivity index (χ2v) is 14.5. The quantitative estimate of drug-likeness (QED) is 0.142. The van der Waals surface area contributed by atoms with E-state index >= 15 is 0 Å². The first-order valence-corrected chi connectivity index (χ1v) is 18.5. The van der Waals surface area contributed by atoms with Crippen molar-refractivity contribution in [1.29, 1.82) is 5.41 Å². The predicted octanol–water partition coefficient (Wildman–Crippen LogP) is 13.1. The number of benzene rings is 8. The number of fused-ring (bicyclic) bond motifs is 13. The third-order valence-electron chi connectivity index (χ3n) is 10.5. The van der Waals surface area contributed by atoms with Crippen molar-refractivity contribution in [3.63, 3.8) is 0 Å². The Bertz CT molecular complexity index is 3200. The fourth-order valence-electron chi connectivity index (χ4n) is 7.98. The van der Waals surface area contributed by atoms with Gasteiger partial charge in [-0.1, -0.05) is 140 Å². The van der Waals surface area contributed by atoms with E-state index in [1.807, 2.05) is 78.1 Å². The van der Waals surface area contributed by atoms with Crippen LogP contribution in [0.25, 0.3) is 85.6 Å². The monoisotopic (exact) mass is 699 g/mol. The highest BCUT2D eigenvalue weighted by Gasteiger charge is 2.21. The summed E-state index contributed by atoms with van der Waals surface area (Å²) < 4.78 is 10.9. The first-order valence-electron chi connectivity index (χ1n) is 17.7. The van der Waals surface area contributed by atoms with Gasteiger partial charge >= 0.3 is 0 Å². The minimum Gasteiger partial charge on any atom is -0.452 e. The summed E-state index contributed by atoms with van der Waals surface area (Å²) in [6.07, 6.45) is 0. The molecule has 5 heteroatoms. The third-order valence-corrected chi connectivity index (χ3v) is 11.7. The third kappa shape index (κ3) is 4.85. The van der Waals surface area contributed by atoms with E-state index in [2.05, 4.69) is 109 Å². The van der Waals surface area contributed by atoms with Crippen LogP contribution in [0.1, 0.15) is 11.3 Å². The zero-order valence-electron chi connectivity index (χ0n) is 28.9. The number of aryl methyl sites for hydroxylation is 1. The standard InChI is InChI=1S/C27H17NS.C21H16N2O/c1-28-21-12-6-4-10-18(21)23-20-15-14-16-8-2-3-9-17(16)24(20)27-25(26(23)28)19-11-5-7-13-22(19)29-27;22-19(21-20(23)17-8-4-5-9-18(17)24-21)16-12-10-15(11-13-16)14-6-2-1-3-7-14/h2-15H,1H3;1-13,22H,23H2. The van der Waals surface area contributed by atoms with Crippen LogP contribution >= 0.6 is 11.3 Å². The van der Waals surface area contributed by atoms with Crippen LogP contribution in [0.2, 0.25) is 0 Å². The lowest BCUT2D eigenvalue weighted by atomic mass is 9.95. The molecule has 3 aromatic heterocycles. The van der Waals surface area contributed by atoms with Gasteiger partial charge in [-0.15, -0.1) is 11.3 Å². The summed E-state index contributed by atoms with van der Waals surface area (Å²) in [7, 11) is 2.21. The maximum atomic E-state index is 8.45. The molecule has 0 aliphatic carbocycles. The molecule has 0 saturated heterocycles. The molecule has 252 valence electrons. The molecule has 11 aromatic rings. The smallest absolute Gasteiger partial charge is 0.176 e. The number of nitrogens with one attached hydrogen (secondary N) is 1. The van der Waals surface area contributed by atoms with Gasteiger partial charge in [-0.3, -0.25) is 5.41 Å². The number of nitrogens with two attached hydrogens (primary N) is 1. The van der Waals surface area contributed by atoms with E-state index in [-0.39, 0.29) is 0 Å². The number of furan rings is 1. The molecule has 0 amide bonds. The van der Waals surface area contributed by atoms with E-state index in [0.29, 0.717) is 22.7 Å². The molecule has 0 saturated carbocycles. The molecule has 3 heterocycles. The van der Waals surface area contributed by atoms with Crippen molar-refractivity contribution in [3.05, 3.63) is 175 Å². The second kappa shape index (κ2) is 12.2. The zero-order chi connectivity index (χ0) is 35.6. The highest BCUT2D eigenvalue weighted by molar-refractivity contribution is 7.27. The van der Waals surface area contributed by atoms with Crippen molar-refractivity contribution in [2.45, 2.75) is 0 Å². The molecule has 0 spiro atoms. The molecule has 3 N–H and O–H groups in total. The summed E-state index contributed by atoms with van der Waals surface area (Å²) in [5.74, 6) is 0.420. The minimum atomic E-state index is 0.295.